The molecule has 3 heteroatoms. The van der Waals surface area contributed by atoms with Crippen molar-refractivity contribution < 1.29 is 4.28 Å². The highest BCUT2D eigenvalue weighted by atomic mass is 32.1. The molecule has 76 valence electrons. The van der Waals surface area contributed by atoms with Crippen LogP contribution < -0.4 is 5.48 Å². The smallest absolute Gasteiger partial charge is 0.0443 e. The van der Waals surface area contributed by atoms with Gasteiger partial charge in [-0.15, -0.1) is 0 Å². The minimum Gasteiger partial charge on any atom is -0.0443 e. The summed E-state index contributed by atoms with van der Waals surface area (Å²) in [6.07, 6.45) is 0. The Morgan fingerprint density at radius 1 is 0.786 bits per heavy atom. The number of benzene rings is 1. The molecule has 0 spiro atoms. The molecular formula is C11H16NOS+. The molecule has 0 saturated carbocycles. The Morgan fingerprint density at radius 3 is 1.50 bits per heavy atom. The van der Waals surface area contributed by atoms with Crippen molar-refractivity contribution in [3.63, 3.8) is 0 Å². The quantitative estimate of drug-likeness (QED) is 0.452. The molecule has 14 heavy (non-hydrogen) atoms. The third kappa shape index (κ3) is 1.80. The van der Waals surface area contributed by atoms with Gasteiger partial charge in [-0.2, -0.15) is 0 Å². The number of hydrogen-bond acceptors (Lipinski definition) is 2. The maximum Gasteiger partial charge on any atom is 0.326 e. The fourth-order valence-electron chi connectivity index (χ4n) is 1.66. The van der Waals surface area contributed by atoms with E-state index in [9.17, 15) is 0 Å². The molecule has 0 saturated heterocycles. The molecule has 0 fully saturated rings. The maximum atomic E-state index is 4.56. The summed E-state index contributed by atoms with van der Waals surface area (Å²) < 4.78 is 4.56. The molecule has 0 aliphatic carbocycles. The van der Waals surface area contributed by atoms with Gasteiger partial charge < -0.3 is 0 Å². The van der Waals surface area contributed by atoms with Crippen LogP contribution >= 0.6 is 12.9 Å². The average molecular weight is 210 g/mol. The number of hydrogen-bond donors (Lipinski definition) is 1. The fourth-order valence-corrected chi connectivity index (χ4v) is 1.74. The van der Waals surface area contributed by atoms with Crippen LogP contribution in [0.5, 0.6) is 0 Å². The van der Waals surface area contributed by atoms with Gasteiger partial charge in [-0.05, 0) is 55.6 Å². The van der Waals surface area contributed by atoms with Crippen molar-refractivity contribution in [1.82, 2.24) is 5.48 Å². The summed E-state index contributed by atoms with van der Waals surface area (Å²) in [7, 11) is 0. The average Bonchev–Trinajstić information content (AvgIpc) is 2.19. The zero-order valence-corrected chi connectivity index (χ0v) is 10.2. The van der Waals surface area contributed by atoms with Gasteiger partial charge in [0, 0.05) is 11.1 Å². The first-order chi connectivity index (χ1) is 6.50. The summed E-state index contributed by atoms with van der Waals surface area (Å²) in [4.78, 5) is 0. The lowest BCUT2D eigenvalue weighted by Gasteiger charge is -2.10. The third-order valence-corrected chi connectivity index (χ3v) is 3.17. The Balaban J connectivity index is 3.43. The highest BCUT2D eigenvalue weighted by Crippen LogP contribution is 2.30. The van der Waals surface area contributed by atoms with Gasteiger partial charge in [-0.3, -0.25) is 0 Å². The van der Waals surface area contributed by atoms with Crippen LogP contribution in [0, 0.1) is 34.6 Å². The molecule has 0 bridgehead atoms. The third-order valence-electron chi connectivity index (χ3n) is 3.09. The zero-order chi connectivity index (χ0) is 10.9. The molecule has 1 rings (SSSR count). The summed E-state index contributed by atoms with van der Waals surface area (Å²) >= 11 is 3.65. The standard InChI is InChI=1S/C11H16NOS/c1-6-7(2)9(4)11(12-13-14)10(5)8(6)3/h14H,1-5H3/q+1. The Morgan fingerprint density at radius 2 is 1.14 bits per heavy atom. The van der Waals surface area contributed by atoms with Crippen molar-refractivity contribution >= 4 is 18.6 Å². The predicted molar refractivity (Wildman–Crippen MR) is 62.0 cm³/mol. The van der Waals surface area contributed by atoms with Crippen LogP contribution in [0.3, 0.4) is 0 Å². The van der Waals surface area contributed by atoms with E-state index in [0.717, 1.165) is 5.69 Å². The molecule has 0 aromatic heterocycles. The molecule has 0 atom stereocenters. The Bertz CT molecular complexity index is 332. The first-order valence-electron chi connectivity index (χ1n) is 4.59. The molecule has 0 aliphatic rings. The number of nitrogens with zero attached hydrogens (tertiary/aromatic N) is 1. The van der Waals surface area contributed by atoms with Gasteiger partial charge in [0.05, 0.1) is 12.9 Å². The van der Waals surface area contributed by atoms with Crippen molar-refractivity contribution in [2.75, 3.05) is 0 Å². The van der Waals surface area contributed by atoms with E-state index in [2.05, 4.69) is 57.3 Å². The maximum absolute atomic E-state index is 4.56. The molecule has 0 aliphatic heterocycles. The van der Waals surface area contributed by atoms with E-state index in [-0.39, 0.29) is 0 Å². The van der Waals surface area contributed by atoms with Crippen LogP contribution in [-0.4, -0.2) is 0 Å². The monoisotopic (exact) mass is 210 g/mol. The van der Waals surface area contributed by atoms with Gasteiger partial charge in [0.25, 0.3) is 0 Å². The largest absolute Gasteiger partial charge is 0.326 e. The molecule has 1 aromatic carbocycles. The molecule has 0 N–H and O–H groups in total. The van der Waals surface area contributed by atoms with Crippen LogP contribution in [0.4, 0.5) is 5.69 Å². The second-order valence-electron chi connectivity index (χ2n) is 3.65. The highest BCUT2D eigenvalue weighted by Gasteiger charge is 2.23. The summed E-state index contributed by atoms with van der Waals surface area (Å²) in [5, 5.41) is 0. The molecular weight excluding hydrogens is 194 g/mol. The SMILES string of the molecule is Cc1c(C)c(C)c([N+]OS)c(C)c1C. The molecule has 2 nitrogen and oxygen atoms in total. The van der Waals surface area contributed by atoms with Gasteiger partial charge in [-0.25, -0.2) is 0 Å². The lowest BCUT2D eigenvalue weighted by atomic mass is 9.93. The van der Waals surface area contributed by atoms with Crippen molar-refractivity contribution in [2.45, 2.75) is 34.6 Å². The molecule has 2 radical (unpaired) electrons. The normalized spacial score (nSPS) is 10.7. The lowest BCUT2D eigenvalue weighted by molar-refractivity contribution is 0.295. The van der Waals surface area contributed by atoms with Gasteiger partial charge in [-0.1, -0.05) is 0 Å². The van der Waals surface area contributed by atoms with E-state index < -0.39 is 0 Å². The number of rotatable bonds is 2. The van der Waals surface area contributed by atoms with Crippen molar-refractivity contribution in [1.29, 1.82) is 0 Å². The molecule has 0 amide bonds. The van der Waals surface area contributed by atoms with E-state index in [1.807, 2.05) is 0 Å². The van der Waals surface area contributed by atoms with Crippen LogP contribution in [0.1, 0.15) is 27.8 Å². The summed E-state index contributed by atoms with van der Waals surface area (Å²) in [6, 6.07) is 0. The molecule has 1 aromatic rings. The molecule has 0 unspecified atom stereocenters. The Kier molecular flexibility index (Phi) is 3.59. The van der Waals surface area contributed by atoms with E-state index in [1.54, 1.807) is 0 Å². The first kappa shape index (κ1) is 11.6. The zero-order valence-electron chi connectivity index (χ0n) is 9.30. The first-order valence-corrected chi connectivity index (χ1v) is 4.95. The minimum atomic E-state index is 0.903. The fraction of sp³-hybridized carbons (Fsp3) is 0.455. The van der Waals surface area contributed by atoms with Gasteiger partial charge >= 0.3 is 11.2 Å². The highest BCUT2D eigenvalue weighted by molar-refractivity contribution is 7.75. The topological polar surface area (TPSA) is 23.3 Å². The van der Waals surface area contributed by atoms with Crippen molar-refractivity contribution in [2.24, 2.45) is 0 Å². The van der Waals surface area contributed by atoms with Crippen molar-refractivity contribution in [3.8, 4) is 0 Å². The summed E-state index contributed by atoms with van der Waals surface area (Å²) in [5.41, 5.74) is 11.1. The van der Waals surface area contributed by atoms with Crippen molar-refractivity contribution in [3.05, 3.63) is 27.8 Å². The molecule has 0 heterocycles. The Labute approximate surface area is 91.2 Å². The van der Waals surface area contributed by atoms with E-state index in [4.69, 9.17) is 0 Å². The second kappa shape index (κ2) is 4.34. The summed E-state index contributed by atoms with van der Waals surface area (Å²) in [5.74, 6) is 0. The lowest BCUT2D eigenvalue weighted by Crippen LogP contribution is -2.03. The predicted octanol–water partition coefficient (Wildman–Crippen LogP) is 3.24. The van der Waals surface area contributed by atoms with Crippen LogP contribution in [0.2, 0.25) is 0 Å². The summed E-state index contributed by atoms with van der Waals surface area (Å²) in [6.45, 7) is 10.5. The second-order valence-corrected chi connectivity index (χ2v) is 3.81. The van der Waals surface area contributed by atoms with Crippen LogP contribution in [0.15, 0.2) is 0 Å². The Hall–Kier alpha value is -0.510. The minimum absolute atomic E-state index is 0.903. The van der Waals surface area contributed by atoms with E-state index in [1.165, 1.54) is 27.8 Å². The van der Waals surface area contributed by atoms with Gasteiger partial charge in [0.15, 0.2) is 0 Å². The van der Waals surface area contributed by atoms with Crippen LogP contribution in [0.25, 0.3) is 0 Å². The van der Waals surface area contributed by atoms with Gasteiger partial charge in [0.2, 0.25) is 0 Å². The van der Waals surface area contributed by atoms with E-state index in [0.29, 0.717) is 0 Å². The van der Waals surface area contributed by atoms with Gasteiger partial charge in [0.1, 0.15) is 0 Å². The number of thiol groups is 1. The van der Waals surface area contributed by atoms with E-state index >= 15 is 0 Å². The van der Waals surface area contributed by atoms with Crippen LogP contribution in [-0.2, 0) is 4.28 Å².